The minimum absolute atomic E-state index is 0.286. The van der Waals surface area contributed by atoms with Crippen LogP contribution in [0.4, 0.5) is 5.69 Å². The molecule has 0 aromatic heterocycles. The molecule has 6 nitrogen and oxygen atoms in total. The highest BCUT2D eigenvalue weighted by atomic mass is 16.5. The number of ether oxygens (including phenoxy) is 1. The van der Waals surface area contributed by atoms with E-state index < -0.39 is 28.7 Å². The van der Waals surface area contributed by atoms with Gasteiger partial charge in [-0.1, -0.05) is 6.07 Å². The molecule has 0 aliphatic carbocycles. The van der Waals surface area contributed by atoms with Gasteiger partial charge in [0.25, 0.3) is 0 Å². The fourth-order valence-corrected chi connectivity index (χ4v) is 2.56. The van der Waals surface area contributed by atoms with Crippen LogP contribution < -0.4 is 15.4 Å². The molecule has 6 heteroatoms. The number of nitrogens with one attached hydrogen (secondary N) is 2. The number of benzene rings is 1. The Bertz CT molecular complexity index is 701. The summed E-state index contributed by atoms with van der Waals surface area (Å²) in [7, 11) is 0. The van der Waals surface area contributed by atoms with Gasteiger partial charge in [-0.3, -0.25) is 14.4 Å². The molecule has 0 spiro atoms. The topological polar surface area (TPSA) is 84.5 Å². The lowest BCUT2D eigenvalue weighted by Crippen LogP contribution is -2.54. The first-order valence-electron chi connectivity index (χ1n) is 7.87. The lowest BCUT2D eigenvalue weighted by Gasteiger charge is -2.32. The van der Waals surface area contributed by atoms with E-state index in [9.17, 15) is 14.4 Å². The Morgan fingerprint density at radius 2 is 1.79 bits per heavy atom. The van der Waals surface area contributed by atoms with Gasteiger partial charge in [-0.25, -0.2) is 0 Å². The molecule has 1 atom stereocenters. The van der Waals surface area contributed by atoms with Crippen molar-refractivity contribution in [3.63, 3.8) is 0 Å². The Labute approximate surface area is 142 Å². The molecule has 1 unspecified atom stereocenters. The zero-order valence-corrected chi connectivity index (χ0v) is 14.9. The van der Waals surface area contributed by atoms with Crippen LogP contribution in [0.1, 0.15) is 40.2 Å². The summed E-state index contributed by atoms with van der Waals surface area (Å²) in [4.78, 5) is 37.8. The van der Waals surface area contributed by atoms with Gasteiger partial charge in [0.05, 0.1) is 11.1 Å². The zero-order chi connectivity index (χ0) is 18.3. The fourth-order valence-electron chi connectivity index (χ4n) is 2.56. The van der Waals surface area contributed by atoms with Crippen molar-refractivity contribution in [2.24, 2.45) is 11.3 Å². The van der Waals surface area contributed by atoms with Gasteiger partial charge < -0.3 is 15.4 Å². The highest BCUT2D eigenvalue weighted by molar-refractivity contribution is 6.11. The average molecular weight is 332 g/mol. The third-order valence-corrected chi connectivity index (χ3v) is 3.90. The van der Waals surface area contributed by atoms with E-state index in [-0.39, 0.29) is 11.7 Å². The van der Waals surface area contributed by atoms with Crippen LogP contribution in [0.5, 0.6) is 5.75 Å². The second-order valence-corrected chi connectivity index (χ2v) is 7.77. The van der Waals surface area contributed by atoms with E-state index >= 15 is 0 Å². The van der Waals surface area contributed by atoms with Gasteiger partial charge in [0.15, 0.2) is 5.75 Å². The third-order valence-electron chi connectivity index (χ3n) is 3.90. The predicted octanol–water partition coefficient (Wildman–Crippen LogP) is 2.41. The molecule has 0 fully saturated rings. The molecule has 2 N–H and O–H groups in total. The van der Waals surface area contributed by atoms with E-state index in [1.807, 2.05) is 27.7 Å². The number of carbonyl (C=O) groups is 3. The standard InChI is InChI=1S/C18H24N2O4/c1-10-7-8-12-11(9-10)19-14(21)13(15(22)24-12)18(5,6)16(23)20-17(2,3)4/h7-9,13H,1-6H3,(H,19,21)(H,20,23). The van der Waals surface area contributed by atoms with Gasteiger partial charge in [-0.05, 0) is 59.2 Å². The van der Waals surface area contributed by atoms with Crippen LogP contribution >= 0.6 is 0 Å². The van der Waals surface area contributed by atoms with Crippen molar-refractivity contribution >= 4 is 23.5 Å². The number of rotatable bonds is 2. The largest absolute Gasteiger partial charge is 0.424 e. The second-order valence-electron chi connectivity index (χ2n) is 7.77. The molecule has 1 aromatic carbocycles. The van der Waals surface area contributed by atoms with Gasteiger partial charge >= 0.3 is 5.97 Å². The molecular weight excluding hydrogens is 308 g/mol. The Morgan fingerprint density at radius 3 is 2.38 bits per heavy atom. The molecule has 1 aromatic rings. The molecule has 0 saturated carbocycles. The lowest BCUT2D eigenvalue weighted by molar-refractivity contribution is -0.153. The lowest BCUT2D eigenvalue weighted by atomic mass is 9.76. The molecule has 130 valence electrons. The molecular formula is C18H24N2O4. The maximum atomic E-state index is 12.6. The second kappa shape index (κ2) is 5.92. The van der Waals surface area contributed by atoms with E-state index in [0.29, 0.717) is 5.69 Å². The van der Waals surface area contributed by atoms with Crippen molar-refractivity contribution in [3.8, 4) is 5.75 Å². The number of esters is 1. The number of hydrogen-bond donors (Lipinski definition) is 2. The Hall–Kier alpha value is -2.37. The van der Waals surface area contributed by atoms with E-state index in [1.54, 1.807) is 32.0 Å². The summed E-state index contributed by atoms with van der Waals surface area (Å²) in [6.45, 7) is 10.5. The molecule has 0 saturated heterocycles. The fraction of sp³-hybridized carbons (Fsp3) is 0.500. The van der Waals surface area contributed by atoms with Gasteiger partial charge in [-0.15, -0.1) is 0 Å². The smallest absolute Gasteiger partial charge is 0.325 e. The van der Waals surface area contributed by atoms with Crippen molar-refractivity contribution in [3.05, 3.63) is 23.8 Å². The van der Waals surface area contributed by atoms with Crippen molar-refractivity contribution < 1.29 is 19.1 Å². The number of carbonyl (C=O) groups excluding carboxylic acids is 3. The van der Waals surface area contributed by atoms with Crippen LogP contribution in [0.25, 0.3) is 0 Å². The normalized spacial score (nSPS) is 18.2. The highest BCUT2D eigenvalue weighted by Crippen LogP contribution is 2.36. The molecule has 1 aliphatic rings. The number of amides is 2. The van der Waals surface area contributed by atoms with Crippen LogP contribution in [0.2, 0.25) is 0 Å². The van der Waals surface area contributed by atoms with Crippen molar-refractivity contribution in [1.29, 1.82) is 0 Å². The molecule has 2 amide bonds. The van der Waals surface area contributed by atoms with Crippen molar-refractivity contribution in [2.75, 3.05) is 5.32 Å². The van der Waals surface area contributed by atoms with Crippen molar-refractivity contribution in [1.82, 2.24) is 5.32 Å². The molecule has 2 rings (SSSR count). The average Bonchev–Trinajstić information content (AvgIpc) is 2.51. The van der Waals surface area contributed by atoms with Gasteiger partial charge in [0.1, 0.15) is 5.92 Å². The van der Waals surface area contributed by atoms with E-state index in [4.69, 9.17) is 4.74 Å². The molecule has 0 radical (unpaired) electrons. The van der Waals surface area contributed by atoms with Crippen LogP contribution in [-0.4, -0.2) is 23.3 Å². The SMILES string of the molecule is Cc1ccc2c(c1)NC(=O)C(C(C)(C)C(=O)NC(C)(C)C)C(=O)O2. The van der Waals surface area contributed by atoms with E-state index in [0.717, 1.165) is 5.56 Å². The van der Waals surface area contributed by atoms with E-state index in [1.165, 1.54) is 0 Å². The summed E-state index contributed by atoms with van der Waals surface area (Å²) in [5, 5.41) is 5.52. The summed E-state index contributed by atoms with van der Waals surface area (Å²) >= 11 is 0. The third kappa shape index (κ3) is 3.58. The van der Waals surface area contributed by atoms with Crippen molar-refractivity contribution in [2.45, 2.75) is 47.1 Å². The van der Waals surface area contributed by atoms with Gasteiger partial charge in [0.2, 0.25) is 11.8 Å². The maximum Gasteiger partial charge on any atom is 0.325 e. The monoisotopic (exact) mass is 332 g/mol. The maximum absolute atomic E-state index is 12.6. The Morgan fingerprint density at radius 1 is 1.17 bits per heavy atom. The molecule has 0 bridgehead atoms. The van der Waals surface area contributed by atoms with Crippen LogP contribution in [-0.2, 0) is 14.4 Å². The van der Waals surface area contributed by atoms with Crippen LogP contribution in [0.3, 0.4) is 0 Å². The summed E-state index contributed by atoms with van der Waals surface area (Å²) in [5.41, 5.74) is -0.374. The number of hydrogen-bond acceptors (Lipinski definition) is 4. The summed E-state index contributed by atoms with van der Waals surface area (Å²) in [6.07, 6.45) is 0. The highest BCUT2D eigenvalue weighted by Gasteiger charge is 2.49. The minimum Gasteiger partial charge on any atom is -0.424 e. The predicted molar refractivity (Wildman–Crippen MR) is 90.6 cm³/mol. The zero-order valence-electron chi connectivity index (χ0n) is 14.9. The first kappa shape index (κ1) is 18.0. The molecule has 24 heavy (non-hydrogen) atoms. The first-order valence-corrected chi connectivity index (χ1v) is 7.87. The molecule has 1 aliphatic heterocycles. The number of fused-ring (bicyclic) bond motifs is 1. The Kier molecular flexibility index (Phi) is 4.44. The van der Waals surface area contributed by atoms with Gasteiger partial charge in [0, 0.05) is 5.54 Å². The molecule has 1 heterocycles. The quantitative estimate of drug-likeness (QED) is 0.495. The summed E-state index contributed by atoms with van der Waals surface area (Å²) in [5.74, 6) is -2.61. The summed E-state index contributed by atoms with van der Waals surface area (Å²) < 4.78 is 5.36. The van der Waals surface area contributed by atoms with Crippen LogP contribution in [0, 0.1) is 18.3 Å². The number of anilines is 1. The van der Waals surface area contributed by atoms with Gasteiger partial charge in [-0.2, -0.15) is 0 Å². The first-order chi connectivity index (χ1) is 10.9. The Balaban J connectivity index is 2.36. The van der Waals surface area contributed by atoms with E-state index in [2.05, 4.69) is 10.6 Å². The number of aryl methyl sites for hydroxylation is 1. The van der Waals surface area contributed by atoms with Crippen LogP contribution in [0.15, 0.2) is 18.2 Å². The summed E-state index contributed by atoms with van der Waals surface area (Å²) in [6, 6.07) is 5.15. The minimum atomic E-state index is -1.26.